The molecule has 1 N–H and O–H groups in total. The van der Waals surface area contributed by atoms with E-state index in [1.165, 1.54) is 24.0 Å². The average Bonchev–Trinajstić information content (AvgIpc) is 3.11. The monoisotopic (exact) mass is 251 g/mol. The van der Waals surface area contributed by atoms with Crippen LogP contribution < -0.4 is 5.32 Å². The minimum Gasteiger partial charge on any atom is -0.316 e. The van der Waals surface area contributed by atoms with Crippen LogP contribution in [0, 0.1) is 18.8 Å². The summed E-state index contributed by atoms with van der Waals surface area (Å²) in [6.07, 6.45) is 3.84. The number of halogens is 1. The zero-order valence-electron chi connectivity index (χ0n) is 11.0. The van der Waals surface area contributed by atoms with Crippen molar-refractivity contribution in [2.45, 2.75) is 39.2 Å². The first kappa shape index (κ1) is 12.9. The number of nitrogens with one attached hydrogen (secondary N) is 1. The van der Waals surface area contributed by atoms with Gasteiger partial charge in [-0.3, -0.25) is 0 Å². The average molecular weight is 252 g/mol. The van der Waals surface area contributed by atoms with Crippen molar-refractivity contribution in [3.8, 4) is 0 Å². The van der Waals surface area contributed by atoms with E-state index in [1.807, 2.05) is 0 Å². The third kappa shape index (κ3) is 3.23. The minimum absolute atomic E-state index is 0.544. The standard InChI is InChI=1S/C15H22ClN/c1-10-4-5-13(14(16)8-10)9-15(17-3)11(2)12-6-7-12/h4-5,8,11-12,15,17H,6-7,9H2,1-3H3. The van der Waals surface area contributed by atoms with Gasteiger partial charge in [-0.05, 0) is 62.3 Å². The lowest BCUT2D eigenvalue weighted by molar-refractivity contribution is 0.358. The maximum Gasteiger partial charge on any atom is 0.0441 e. The molecule has 1 fully saturated rings. The summed E-state index contributed by atoms with van der Waals surface area (Å²) in [5.41, 5.74) is 2.50. The van der Waals surface area contributed by atoms with Crippen LogP contribution >= 0.6 is 11.6 Å². The van der Waals surface area contributed by atoms with Crippen LogP contribution in [0.2, 0.25) is 5.02 Å². The van der Waals surface area contributed by atoms with Crippen LogP contribution in [0.4, 0.5) is 0 Å². The summed E-state index contributed by atoms with van der Waals surface area (Å²) in [6.45, 7) is 4.44. The first-order valence-electron chi connectivity index (χ1n) is 6.54. The SMILES string of the molecule is CNC(Cc1ccc(C)cc1Cl)C(C)C1CC1. The summed E-state index contributed by atoms with van der Waals surface area (Å²) in [7, 11) is 2.06. The fourth-order valence-corrected chi connectivity index (χ4v) is 2.87. The third-order valence-corrected chi connectivity index (χ3v) is 4.37. The lowest BCUT2D eigenvalue weighted by Gasteiger charge is -2.24. The van der Waals surface area contributed by atoms with Crippen LogP contribution in [-0.4, -0.2) is 13.1 Å². The van der Waals surface area contributed by atoms with Crippen LogP contribution in [0.5, 0.6) is 0 Å². The molecule has 1 aromatic carbocycles. The van der Waals surface area contributed by atoms with E-state index >= 15 is 0 Å². The van der Waals surface area contributed by atoms with Gasteiger partial charge in [0, 0.05) is 11.1 Å². The first-order chi connectivity index (χ1) is 8.11. The maximum absolute atomic E-state index is 6.30. The Bertz CT molecular complexity index is 385. The van der Waals surface area contributed by atoms with Gasteiger partial charge in [0.15, 0.2) is 0 Å². The molecule has 0 radical (unpaired) electrons. The summed E-state index contributed by atoms with van der Waals surface area (Å²) >= 11 is 6.30. The van der Waals surface area contributed by atoms with Crippen molar-refractivity contribution in [2.24, 2.45) is 11.8 Å². The highest BCUT2D eigenvalue weighted by Gasteiger charge is 2.32. The zero-order chi connectivity index (χ0) is 12.4. The van der Waals surface area contributed by atoms with Gasteiger partial charge in [0.05, 0.1) is 0 Å². The first-order valence-corrected chi connectivity index (χ1v) is 6.92. The number of benzene rings is 1. The summed E-state index contributed by atoms with van der Waals surface area (Å²) < 4.78 is 0. The van der Waals surface area contributed by atoms with E-state index in [9.17, 15) is 0 Å². The Morgan fingerprint density at radius 3 is 2.65 bits per heavy atom. The molecule has 0 amide bonds. The molecule has 0 aliphatic heterocycles. The molecule has 1 aliphatic rings. The molecular weight excluding hydrogens is 230 g/mol. The van der Waals surface area contributed by atoms with Crippen molar-refractivity contribution in [2.75, 3.05) is 7.05 Å². The predicted octanol–water partition coefficient (Wildman–Crippen LogP) is 3.83. The second kappa shape index (κ2) is 5.41. The van der Waals surface area contributed by atoms with Crippen molar-refractivity contribution in [1.29, 1.82) is 0 Å². The van der Waals surface area contributed by atoms with Crippen molar-refractivity contribution in [3.63, 3.8) is 0 Å². The fraction of sp³-hybridized carbons (Fsp3) is 0.600. The van der Waals surface area contributed by atoms with Gasteiger partial charge in [-0.15, -0.1) is 0 Å². The van der Waals surface area contributed by atoms with Crippen LogP contribution in [0.1, 0.15) is 30.9 Å². The van der Waals surface area contributed by atoms with Gasteiger partial charge in [-0.25, -0.2) is 0 Å². The Morgan fingerprint density at radius 2 is 2.12 bits per heavy atom. The second-order valence-electron chi connectivity index (χ2n) is 5.39. The molecule has 0 bridgehead atoms. The van der Waals surface area contributed by atoms with Crippen LogP contribution in [0.3, 0.4) is 0 Å². The fourth-order valence-electron chi connectivity index (χ4n) is 2.56. The molecule has 1 saturated carbocycles. The highest BCUT2D eigenvalue weighted by atomic mass is 35.5. The molecule has 1 aliphatic carbocycles. The molecule has 2 unspecified atom stereocenters. The lowest BCUT2D eigenvalue weighted by Crippen LogP contribution is -2.35. The van der Waals surface area contributed by atoms with E-state index in [4.69, 9.17) is 11.6 Å². The van der Waals surface area contributed by atoms with E-state index in [2.05, 4.69) is 44.4 Å². The molecular formula is C15H22ClN. The smallest absolute Gasteiger partial charge is 0.0441 e. The zero-order valence-corrected chi connectivity index (χ0v) is 11.7. The van der Waals surface area contributed by atoms with Crippen LogP contribution in [0.25, 0.3) is 0 Å². The van der Waals surface area contributed by atoms with Gasteiger partial charge < -0.3 is 5.32 Å². The number of aryl methyl sites for hydroxylation is 1. The van der Waals surface area contributed by atoms with Gasteiger partial charge in [0.2, 0.25) is 0 Å². The molecule has 1 aromatic rings. The summed E-state index contributed by atoms with van der Waals surface area (Å²) in [6, 6.07) is 6.92. The van der Waals surface area contributed by atoms with E-state index in [0.29, 0.717) is 6.04 Å². The Labute approximate surface area is 110 Å². The lowest BCUT2D eigenvalue weighted by atomic mass is 9.91. The molecule has 0 heterocycles. The largest absolute Gasteiger partial charge is 0.316 e. The van der Waals surface area contributed by atoms with Gasteiger partial charge in [0.25, 0.3) is 0 Å². The molecule has 2 rings (SSSR count). The predicted molar refractivity (Wildman–Crippen MR) is 74.6 cm³/mol. The van der Waals surface area contributed by atoms with Gasteiger partial charge in [0.1, 0.15) is 0 Å². The quantitative estimate of drug-likeness (QED) is 0.839. The Balaban J connectivity index is 2.06. The van der Waals surface area contributed by atoms with Crippen molar-refractivity contribution in [1.82, 2.24) is 5.32 Å². The molecule has 2 heteroatoms. The van der Waals surface area contributed by atoms with Gasteiger partial charge >= 0.3 is 0 Å². The molecule has 2 atom stereocenters. The number of hydrogen-bond acceptors (Lipinski definition) is 1. The molecule has 0 aromatic heterocycles. The normalized spacial score (nSPS) is 19.1. The molecule has 94 valence electrons. The summed E-state index contributed by atoms with van der Waals surface area (Å²) in [4.78, 5) is 0. The van der Waals surface area contributed by atoms with Crippen molar-refractivity contribution >= 4 is 11.6 Å². The molecule has 0 spiro atoms. The topological polar surface area (TPSA) is 12.0 Å². The second-order valence-corrected chi connectivity index (χ2v) is 5.80. The van der Waals surface area contributed by atoms with Crippen molar-refractivity contribution in [3.05, 3.63) is 34.3 Å². The van der Waals surface area contributed by atoms with E-state index < -0.39 is 0 Å². The maximum atomic E-state index is 6.30. The Morgan fingerprint density at radius 1 is 1.41 bits per heavy atom. The van der Waals surface area contributed by atoms with Crippen molar-refractivity contribution < 1.29 is 0 Å². The highest BCUT2D eigenvalue weighted by Crippen LogP contribution is 2.39. The van der Waals surface area contributed by atoms with Gasteiger partial charge in [-0.2, -0.15) is 0 Å². The third-order valence-electron chi connectivity index (χ3n) is 4.02. The molecule has 17 heavy (non-hydrogen) atoms. The number of hydrogen-bond donors (Lipinski definition) is 1. The van der Waals surface area contributed by atoms with Crippen LogP contribution in [0.15, 0.2) is 18.2 Å². The van der Waals surface area contributed by atoms with Gasteiger partial charge in [-0.1, -0.05) is 30.7 Å². The molecule has 0 saturated heterocycles. The number of rotatable bonds is 5. The molecule has 1 nitrogen and oxygen atoms in total. The van der Waals surface area contributed by atoms with E-state index in [1.54, 1.807) is 0 Å². The van der Waals surface area contributed by atoms with Crippen LogP contribution in [-0.2, 0) is 6.42 Å². The summed E-state index contributed by atoms with van der Waals surface area (Å²) in [5, 5.41) is 4.37. The minimum atomic E-state index is 0.544. The number of likely N-dealkylation sites (N-methyl/N-ethyl adjacent to an activating group) is 1. The highest BCUT2D eigenvalue weighted by molar-refractivity contribution is 6.31. The Hall–Kier alpha value is -0.530. The Kier molecular flexibility index (Phi) is 4.11. The van der Waals surface area contributed by atoms with E-state index in [0.717, 1.165) is 23.3 Å². The summed E-state index contributed by atoms with van der Waals surface area (Å²) in [5.74, 6) is 1.68. The van der Waals surface area contributed by atoms with E-state index in [-0.39, 0.29) is 0 Å².